The standard InChI is InChI=1S/C11H10ClFN2O/c1-6(13)11-7(3-2-4-8(11)12)9-5-10(14)15-16-9/h2-6H,1H3,(H2,14,15). The first-order valence-corrected chi connectivity index (χ1v) is 5.12. The average molecular weight is 241 g/mol. The van der Waals surface area contributed by atoms with Crippen molar-refractivity contribution < 1.29 is 8.91 Å². The maximum absolute atomic E-state index is 13.5. The van der Waals surface area contributed by atoms with E-state index in [9.17, 15) is 4.39 Å². The zero-order chi connectivity index (χ0) is 11.7. The van der Waals surface area contributed by atoms with Gasteiger partial charge in [-0.05, 0) is 13.0 Å². The first-order valence-electron chi connectivity index (χ1n) is 4.74. The van der Waals surface area contributed by atoms with Gasteiger partial charge in [0.05, 0.1) is 0 Å². The Labute approximate surface area is 97.0 Å². The van der Waals surface area contributed by atoms with Crippen LogP contribution in [0.1, 0.15) is 18.7 Å². The van der Waals surface area contributed by atoms with Crippen molar-refractivity contribution in [2.75, 3.05) is 5.73 Å². The van der Waals surface area contributed by atoms with Gasteiger partial charge in [0.2, 0.25) is 0 Å². The summed E-state index contributed by atoms with van der Waals surface area (Å²) in [5, 5.41) is 3.92. The number of rotatable bonds is 2. The van der Waals surface area contributed by atoms with Gasteiger partial charge in [0, 0.05) is 22.2 Å². The summed E-state index contributed by atoms with van der Waals surface area (Å²) in [5.41, 5.74) is 6.41. The molecular weight excluding hydrogens is 231 g/mol. The number of nitrogens with zero attached hydrogens (tertiary/aromatic N) is 1. The van der Waals surface area contributed by atoms with Crippen LogP contribution in [0.4, 0.5) is 10.2 Å². The van der Waals surface area contributed by atoms with Crippen molar-refractivity contribution in [3.05, 3.63) is 34.9 Å². The van der Waals surface area contributed by atoms with Crippen LogP contribution >= 0.6 is 11.6 Å². The van der Waals surface area contributed by atoms with Crippen molar-refractivity contribution in [3.63, 3.8) is 0 Å². The monoisotopic (exact) mass is 240 g/mol. The summed E-state index contributed by atoms with van der Waals surface area (Å²) in [4.78, 5) is 0. The maximum atomic E-state index is 13.5. The van der Waals surface area contributed by atoms with Gasteiger partial charge >= 0.3 is 0 Å². The molecule has 1 aromatic carbocycles. The lowest BCUT2D eigenvalue weighted by molar-refractivity contribution is 0.373. The molecule has 0 aliphatic carbocycles. The summed E-state index contributed by atoms with van der Waals surface area (Å²) < 4.78 is 18.5. The normalized spacial score (nSPS) is 12.7. The molecule has 3 nitrogen and oxygen atoms in total. The van der Waals surface area contributed by atoms with E-state index < -0.39 is 6.17 Å². The van der Waals surface area contributed by atoms with Gasteiger partial charge in [0.1, 0.15) is 6.17 Å². The van der Waals surface area contributed by atoms with E-state index in [2.05, 4.69) is 5.16 Å². The van der Waals surface area contributed by atoms with Gasteiger partial charge in [-0.15, -0.1) is 0 Å². The maximum Gasteiger partial charge on any atom is 0.169 e. The average Bonchev–Trinajstić information content (AvgIpc) is 2.63. The molecule has 0 radical (unpaired) electrons. The number of nitrogen functional groups attached to an aromatic ring is 1. The highest BCUT2D eigenvalue weighted by Crippen LogP contribution is 2.35. The van der Waals surface area contributed by atoms with Crippen molar-refractivity contribution in [1.29, 1.82) is 0 Å². The lowest BCUT2D eigenvalue weighted by atomic mass is 10.0. The van der Waals surface area contributed by atoms with Crippen molar-refractivity contribution in [2.24, 2.45) is 0 Å². The molecule has 0 saturated carbocycles. The molecule has 84 valence electrons. The number of nitrogens with two attached hydrogens (primary N) is 1. The van der Waals surface area contributed by atoms with Gasteiger partial charge < -0.3 is 10.3 Å². The van der Waals surface area contributed by atoms with Crippen LogP contribution in [0.2, 0.25) is 5.02 Å². The highest BCUT2D eigenvalue weighted by molar-refractivity contribution is 6.31. The van der Waals surface area contributed by atoms with Crippen LogP contribution < -0.4 is 5.73 Å². The van der Waals surface area contributed by atoms with E-state index in [0.29, 0.717) is 21.9 Å². The van der Waals surface area contributed by atoms with Gasteiger partial charge in [0.25, 0.3) is 0 Å². The number of halogens is 2. The highest BCUT2D eigenvalue weighted by atomic mass is 35.5. The molecule has 0 bridgehead atoms. The Kier molecular flexibility index (Phi) is 2.83. The summed E-state index contributed by atoms with van der Waals surface area (Å²) in [6.07, 6.45) is -1.19. The van der Waals surface area contributed by atoms with Crippen LogP contribution in [0.25, 0.3) is 11.3 Å². The fraction of sp³-hybridized carbons (Fsp3) is 0.182. The van der Waals surface area contributed by atoms with Gasteiger partial charge in [-0.25, -0.2) is 4.39 Å². The van der Waals surface area contributed by atoms with Crippen LogP contribution in [-0.2, 0) is 0 Å². The lowest BCUT2D eigenvalue weighted by Crippen LogP contribution is -1.91. The first-order chi connectivity index (χ1) is 7.59. The van der Waals surface area contributed by atoms with Crippen molar-refractivity contribution >= 4 is 17.4 Å². The Morgan fingerprint density at radius 2 is 2.25 bits per heavy atom. The summed E-state index contributed by atoms with van der Waals surface area (Å²) in [5.74, 6) is 0.673. The van der Waals surface area contributed by atoms with Crippen LogP contribution in [-0.4, -0.2) is 5.16 Å². The fourth-order valence-electron chi connectivity index (χ4n) is 1.57. The Balaban J connectivity index is 2.60. The molecule has 5 heteroatoms. The van der Waals surface area contributed by atoms with Gasteiger partial charge in [-0.2, -0.15) is 0 Å². The third-order valence-corrected chi connectivity index (χ3v) is 2.57. The molecule has 1 aromatic heterocycles. The summed E-state index contributed by atoms with van der Waals surface area (Å²) in [6.45, 7) is 1.42. The van der Waals surface area contributed by atoms with Gasteiger partial charge in [-0.1, -0.05) is 28.9 Å². The van der Waals surface area contributed by atoms with Gasteiger partial charge in [-0.3, -0.25) is 0 Å². The first kappa shape index (κ1) is 11.0. The number of anilines is 1. The van der Waals surface area contributed by atoms with E-state index >= 15 is 0 Å². The molecule has 1 unspecified atom stereocenters. The minimum atomic E-state index is -1.19. The number of alkyl halides is 1. The molecule has 2 N–H and O–H groups in total. The Morgan fingerprint density at radius 3 is 2.81 bits per heavy atom. The molecule has 0 spiro atoms. The molecule has 16 heavy (non-hydrogen) atoms. The van der Waals surface area contributed by atoms with Crippen LogP contribution in [0.5, 0.6) is 0 Å². The lowest BCUT2D eigenvalue weighted by Gasteiger charge is -2.09. The number of benzene rings is 1. The Morgan fingerprint density at radius 1 is 1.50 bits per heavy atom. The second-order valence-corrected chi connectivity index (χ2v) is 3.84. The minimum Gasteiger partial charge on any atom is -0.381 e. The van der Waals surface area contributed by atoms with E-state index in [0.717, 1.165) is 0 Å². The minimum absolute atomic E-state index is 0.257. The third-order valence-electron chi connectivity index (χ3n) is 2.24. The van der Waals surface area contributed by atoms with Crippen molar-refractivity contribution in [1.82, 2.24) is 5.16 Å². The molecule has 0 saturated heterocycles. The largest absolute Gasteiger partial charge is 0.381 e. The molecule has 1 atom stereocenters. The molecular formula is C11H10ClFN2O. The fourth-order valence-corrected chi connectivity index (χ4v) is 1.90. The molecule has 0 aliphatic heterocycles. The summed E-state index contributed by atoms with van der Waals surface area (Å²) in [7, 11) is 0. The third kappa shape index (κ3) is 1.88. The van der Waals surface area contributed by atoms with E-state index in [1.54, 1.807) is 18.2 Å². The predicted octanol–water partition coefficient (Wildman–Crippen LogP) is 3.61. The second kappa shape index (κ2) is 4.14. The predicted molar refractivity (Wildman–Crippen MR) is 60.9 cm³/mol. The van der Waals surface area contributed by atoms with E-state index in [1.165, 1.54) is 13.0 Å². The zero-order valence-electron chi connectivity index (χ0n) is 8.58. The SMILES string of the molecule is CC(F)c1c(Cl)cccc1-c1cc(N)no1. The van der Waals surface area contributed by atoms with E-state index in [4.69, 9.17) is 21.9 Å². The van der Waals surface area contributed by atoms with Crippen LogP contribution in [0.15, 0.2) is 28.8 Å². The molecule has 2 aromatic rings. The number of aromatic nitrogens is 1. The summed E-state index contributed by atoms with van der Waals surface area (Å²) in [6, 6.07) is 6.62. The zero-order valence-corrected chi connectivity index (χ0v) is 9.33. The number of hydrogen-bond donors (Lipinski definition) is 1. The van der Waals surface area contributed by atoms with Crippen molar-refractivity contribution in [2.45, 2.75) is 13.1 Å². The van der Waals surface area contributed by atoms with Crippen LogP contribution in [0, 0.1) is 0 Å². The molecule has 1 heterocycles. The number of hydrogen-bond acceptors (Lipinski definition) is 3. The smallest absolute Gasteiger partial charge is 0.169 e. The Hall–Kier alpha value is -1.55. The Bertz CT molecular complexity index is 510. The molecule has 0 amide bonds. The van der Waals surface area contributed by atoms with Crippen LogP contribution in [0.3, 0.4) is 0 Å². The quantitative estimate of drug-likeness (QED) is 0.872. The van der Waals surface area contributed by atoms with E-state index in [-0.39, 0.29) is 5.82 Å². The van der Waals surface area contributed by atoms with Gasteiger partial charge in [0.15, 0.2) is 11.6 Å². The highest BCUT2D eigenvalue weighted by Gasteiger charge is 2.17. The second-order valence-electron chi connectivity index (χ2n) is 3.43. The topological polar surface area (TPSA) is 52.0 Å². The van der Waals surface area contributed by atoms with E-state index in [1.807, 2.05) is 0 Å². The van der Waals surface area contributed by atoms with Crippen molar-refractivity contribution in [3.8, 4) is 11.3 Å². The molecule has 2 rings (SSSR count). The molecule has 0 fully saturated rings. The molecule has 0 aliphatic rings. The summed E-state index contributed by atoms with van der Waals surface area (Å²) >= 11 is 5.95.